The van der Waals surface area contributed by atoms with Crippen LogP contribution in [-0.2, 0) is 0 Å². The molecule has 0 amide bonds. The quantitative estimate of drug-likeness (QED) is 0.689. The van der Waals surface area contributed by atoms with Crippen molar-refractivity contribution >= 4 is 16.6 Å². The highest BCUT2D eigenvalue weighted by Gasteiger charge is 2.02. The highest BCUT2D eigenvalue weighted by atomic mass is 16.5. The summed E-state index contributed by atoms with van der Waals surface area (Å²) >= 11 is 0. The minimum atomic E-state index is 0.635. The summed E-state index contributed by atoms with van der Waals surface area (Å²) < 4.78 is 5.37. The molecule has 13 heavy (non-hydrogen) atoms. The van der Waals surface area contributed by atoms with Gasteiger partial charge in [-0.1, -0.05) is 0 Å². The predicted octanol–water partition coefficient (Wildman–Crippen LogP) is 2.15. The summed E-state index contributed by atoms with van der Waals surface area (Å²) in [5.41, 5.74) is 7.54. The van der Waals surface area contributed by atoms with E-state index in [1.54, 1.807) is 0 Å². The van der Waals surface area contributed by atoms with Crippen LogP contribution in [0.3, 0.4) is 0 Å². The van der Waals surface area contributed by atoms with Crippen molar-refractivity contribution in [2.45, 2.75) is 6.92 Å². The molecule has 2 rings (SSSR count). The van der Waals surface area contributed by atoms with E-state index in [-0.39, 0.29) is 0 Å². The first-order chi connectivity index (χ1) is 6.31. The number of hydrogen-bond donors (Lipinski definition) is 2. The van der Waals surface area contributed by atoms with Crippen LogP contribution >= 0.6 is 0 Å². The molecule has 68 valence electrons. The Hall–Kier alpha value is -1.64. The molecule has 0 saturated heterocycles. The second kappa shape index (κ2) is 3.01. The van der Waals surface area contributed by atoms with Gasteiger partial charge in [0.1, 0.15) is 5.75 Å². The second-order valence-electron chi connectivity index (χ2n) is 2.89. The zero-order chi connectivity index (χ0) is 9.26. The first kappa shape index (κ1) is 7.98. The summed E-state index contributed by atoms with van der Waals surface area (Å²) in [4.78, 5) is 3.11. The fourth-order valence-corrected chi connectivity index (χ4v) is 1.38. The average Bonchev–Trinajstić information content (AvgIpc) is 2.52. The molecule has 0 spiro atoms. The Labute approximate surface area is 76.5 Å². The number of rotatable bonds is 2. The monoisotopic (exact) mass is 176 g/mol. The van der Waals surface area contributed by atoms with Crippen LogP contribution in [0.25, 0.3) is 10.9 Å². The van der Waals surface area contributed by atoms with Crippen molar-refractivity contribution in [2.24, 2.45) is 0 Å². The van der Waals surface area contributed by atoms with E-state index in [0.29, 0.717) is 12.3 Å². The number of nitrogen functional groups attached to an aromatic ring is 1. The molecule has 0 atom stereocenters. The van der Waals surface area contributed by atoms with Gasteiger partial charge in [0.05, 0.1) is 12.3 Å². The van der Waals surface area contributed by atoms with Gasteiger partial charge in [0.2, 0.25) is 0 Å². The predicted molar refractivity (Wildman–Crippen MR) is 53.9 cm³/mol. The number of ether oxygens (including phenoxy) is 1. The van der Waals surface area contributed by atoms with Gasteiger partial charge < -0.3 is 15.5 Å². The molecule has 0 aliphatic rings. The average molecular weight is 176 g/mol. The lowest BCUT2D eigenvalue weighted by atomic mass is 10.2. The lowest BCUT2D eigenvalue weighted by Gasteiger charge is -2.06. The molecule has 0 fully saturated rings. The highest BCUT2D eigenvalue weighted by Crippen LogP contribution is 2.27. The Morgan fingerprint density at radius 2 is 2.31 bits per heavy atom. The van der Waals surface area contributed by atoms with Crippen LogP contribution in [0.1, 0.15) is 6.92 Å². The first-order valence-corrected chi connectivity index (χ1v) is 4.30. The van der Waals surface area contributed by atoms with Gasteiger partial charge in [-0.2, -0.15) is 0 Å². The zero-order valence-electron chi connectivity index (χ0n) is 7.50. The largest absolute Gasteiger partial charge is 0.492 e. The van der Waals surface area contributed by atoms with E-state index in [1.807, 2.05) is 31.3 Å². The van der Waals surface area contributed by atoms with Gasteiger partial charge in [-0.3, -0.25) is 0 Å². The van der Waals surface area contributed by atoms with E-state index in [2.05, 4.69) is 4.98 Å². The molecule has 0 radical (unpaired) electrons. The topological polar surface area (TPSA) is 51.0 Å². The molecule has 0 unspecified atom stereocenters. The van der Waals surface area contributed by atoms with E-state index in [4.69, 9.17) is 10.5 Å². The first-order valence-electron chi connectivity index (χ1n) is 4.30. The van der Waals surface area contributed by atoms with Crippen molar-refractivity contribution in [3.8, 4) is 5.75 Å². The van der Waals surface area contributed by atoms with Crippen LogP contribution in [0.15, 0.2) is 24.4 Å². The van der Waals surface area contributed by atoms with E-state index in [9.17, 15) is 0 Å². The molecule has 3 nitrogen and oxygen atoms in total. The Kier molecular flexibility index (Phi) is 1.85. The molecule has 3 N–H and O–H groups in total. The number of aromatic nitrogens is 1. The number of nitrogens with one attached hydrogen (secondary N) is 1. The normalized spacial score (nSPS) is 10.5. The Morgan fingerprint density at radius 3 is 3.08 bits per heavy atom. The van der Waals surface area contributed by atoms with Gasteiger partial charge in [0.15, 0.2) is 0 Å². The fraction of sp³-hybridized carbons (Fsp3) is 0.200. The lowest BCUT2D eigenvalue weighted by molar-refractivity contribution is 0.342. The van der Waals surface area contributed by atoms with Crippen LogP contribution in [0, 0.1) is 0 Å². The number of hydrogen-bond acceptors (Lipinski definition) is 2. The smallest absolute Gasteiger partial charge is 0.144 e. The van der Waals surface area contributed by atoms with Crippen LogP contribution in [-0.4, -0.2) is 11.6 Å². The Bertz CT molecular complexity index is 420. The SMILES string of the molecule is CCOc1cc2[nH]ccc2cc1N. The van der Waals surface area contributed by atoms with E-state index < -0.39 is 0 Å². The summed E-state index contributed by atoms with van der Waals surface area (Å²) in [6.07, 6.45) is 1.89. The fourth-order valence-electron chi connectivity index (χ4n) is 1.38. The standard InChI is InChI=1S/C10H12N2O/c1-2-13-10-6-9-7(3-4-12-9)5-8(10)11/h3-6,12H,2,11H2,1H3. The number of benzene rings is 1. The van der Waals surface area contributed by atoms with Gasteiger partial charge in [-0.05, 0) is 19.1 Å². The molecular weight excluding hydrogens is 164 g/mol. The van der Waals surface area contributed by atoms with Crippen LogP contribution in [0.5, 0.6) is 5.75 Å². The summed E-state index contributed by atoms with van der Waals surface area (Å²) in [6.45, 7) is 2.58. The molecule has 1 aromatic carbocycles. The molecule has 0 aliphatic carbocycles. The molecule has 2 aromatic rings. The molecule has 3 heteroatoms. The van der Waals surface area contributed by atoms with Crippen LogP contribution < -0.4 is 10.5 Å². The summed E-state index contributed by atoms with van der Waals surface area (Å²) in [6, 6.07) is 5.83. The number of nitrogens with two attached hydrogens (primary N) is 1. The van der Waals surface area contributed by atoms with Gasteiger partial charge in [-0.25, -0.2) is 0 Å². The van der Waals surface area contributed by atoms with Crippen molar-refractivity contribution < 1.29 is 4.74 Å². The van der Waals surface area contributed by atoms with E-state index >= 15 is 0 Å². The summed E-state index contributed by atoms with van der Waals surface area (Å²) in [5.74, 6) is 0.748. The third-order valence-electron chi connectivity index (χ3n) is 1.98. The molecule has 0 bridgehead atoms. The highest BCUT2D eigenvalue weighted by molar-refractivity contribution is 5.85. The lowest BCUT2D eigenvalue weighted by Crippen LogP contribution is -1.96. The van der Waals surface area contributed by atoms with E-state index in [1.165, 1.54) is 0 Å². The molecular formula is C10H12N2O. The number of anilines is 1. The zero-order valence-corrected chi connectivity index (χ0v) is 7.50. The molecule has 1 aromatic heterocycles. The van der Waals surface area contributed by atoms with Gasteiger partial charge in [0, 0.05) is 23.2 Å². The van der Waals surface area contributed by atoms with Crippen molar-refractivity contribution in [1.82, 2.24) is 4.98 Å². The maximum Gasteiger partial charge on any atom is 0.144 e. The number of H-pyrrole nitrogens is 1. The van der Waals surface area contributed by atoms with Crippen molar-refractivity contribution in [3.05, 3.63) is 24.4 Å². The summed E-state index contributed by atoms with van der Waals surface area (Å²) in [7, 11) is 0. The van der Waals surface area contributed by atoms with Gasteiger partial charge in [0.25, 0.3) is 0 Å². The third-order valence-corrected chi connectivity index (χ3v) is 1.98. The maximum atomic E-state index is 5.79. The number of fused-ring (bicyclic) bond motifs is 1. The van der Waals surface area contributed by atoms with Crippen molar-refractivity contribution in [3.63, 3.8) is 0 Å². The van der Waals surface area contributed by atoms with Crippen LogP contribution in [0.2, 0.25) is 0 Å². The maximum absolute atomic E-state index is 5.79. The molecule has 1 heterocycles. The molecule has 0 aliphatic heterocycles. The minimum Gasteiger partial charge on any atom is -0.492 e. The van der Waals surface area contributed by atoms with Gasteiger partial charge in [-0.15, -0.1) is 0 Å². The van der Waals surface area contributed by atoms with Crippen molar-refractivity contribution in [1.29, 1.82) is 0 Å². The van der Waals surface area contributed by atoms with Crippen molar-refractivity contribution in [2.75, 3.05) is 12.3 Å². The second-order valence-corrected chi connectivity index (χ2v) is 2.89. The van der Waals surface area contributed by atoms with Crippen LogP contribution in [0.4, 0.5) is 5.69 Å². The molecule has 0 saturated carbocycles. The minimum absolute atomic E-state index is 0.635. The Morgan fingerprint density at radius 1 is 1.46 bits per heavy atom. The number of aromatic amines is 1. The Balaban J connectivity index is 2.56. The third kappa shape index (κ3) is 1.33. The van der Waals surface area contributed by atoms with Gasteiger partial charge >= 0.3 is 0 Å². The van der Waals surface area contributed by atoms with E-state index in [0.717, 1.165) is 16.7 Å². The summed E-state index contributed by atoms with van der Waals surface area (Å²) in [5, 5.41) is 1.11.